The highest BCUT2D eigenvalue weighted by molar-refractivity contribution is 5.82. The number of ether oxygens (including phenoxy) is 4. The van der Waals surface area contributed by atoms with Gasteiger partial charge in [-0.05, 0) is 17.7 Å². The maximum atomic E-state index is 5.89. The van der Waals surface area contributed by atoms with E-state index in [-0.39, 0.29) is 6.29 Å². The molecule has 6 heteroatoms. The van der Waals surface area contributed by atoms with E-state index in [0.717, 1.165) is 5.56 Å². The topological polar surface area (TPSA) is 75.3 Å². The lowest BCUT2D eigenvalue weighted by molar-refractivity contribution is -0.0937. The zero-order valence-electron chi connectivity index (χ0n) is 12.4. The molecule has 0 aromatic heterocycles. The first kappa shape index (κ1) is 16.3. The second-order valence-corrected chi connectivity index (χ2v) is 4.10. The van der Waals surface area contributed by atoms with E-state index in [1.807, 2.05) is 18.2 Å². The summed E-state index contributed by atoms with van der Waals surface area (Å²) in [5.74, 6) is 1.87. The van der Waals surface area contributed by atoms with E-state index in [9.17, 15) is 0 Å². The van der Waals surface area contributed by atoms with Gasteiger partial charge in [0, 0.05) is 20.6 Å². The van der Waals surface area contributed by atoms with Crippen LogP contribution in [0.2, 0.25) is 0 Å². The SMILES string of the molecule is COc1ccc(CC(N)=NCC(OC)OC)cc1OC. The number of methoxy groups -OCH3 is 4. The predicted octanol–water partition coefficient (Wildman–Crippen LogP) is 1.22. The first-order valence-corrected chi connectivity index (χ1v) is 6.19. The van der Waals surface area contributed by atoms with Gasteiger partial charge in [0.05, 0.1) is 26.6 Å². The number of amidine groups is 1. The van der Waals surface area contributed by atoms with Crippen LogP contribution in [0.4, 0.5) is 0 Å². The lowest BCUT2D eigenvalue weighted by Gasteiger charge is -2.11. The number of rotatable bonds is 8. The molecule has 1 rings (SSSR count). The standard InChI is InChI=1S/C14H22N2O4/c1-17-11-6-5-10(7-12(11)18-2)8-13(15)16-9-14(19-3)20-4/h5-7,14H,8-9H2,1-4H3,(H2,15,16). The summed E-state index contributed by atoms with van der Waals surface area (Å²) < 4.78 is 20.5. The largest absolute Gasteiger partial charge is 0.493 e. The van der Waals surface area contributed by atoms with Crippen molar-refractivity contribution in [2.45, 2.75) is 12.7 Å². The minimum atomic E-state index is -0.376. The number of hydrogen-bond acceptors (Lipinski definition) is 5. The van der Waals surface area contributed by atoms with Crippen LogP contribution in [0.5, 0.6) is 11.5 Å². The number of hydrogen-bond donors (Lipinski definition) is 1. The Labute approximate surface area is 119 Å². The summed E-state index contributed by atoms with van der Waals surface area (Å²) in [7, 11) is 6.33. The van der Waals surface area contributed by atoms with Crippen LogP contribution in [0.3, 0.4) is 0 Å². The van der Waals surface area contributed by atoms with E-state index in [2.05, 4.69) is 4.99 Å². The quantitative estimate of drug-likeness (QED) is 0.441. The molecular weight excluding hydrogens is 260 g/mol. The Balaban J connectivity index is 2.70. The molecule has 2 N–H and O–H groups in total. The van der Waals surface area contributed by atoms with E-state index in [4.69, 9.17) is 24.7 Å². The molecule has 0 atom stereocenters. The molecule has 0 saturated carbocycles. The van der Waals surface area contributed by atoms with Gasteiger partial charge in [-0.2, -0.15) is 0 Å². The van der Waals surface area contributed by atoms with Gasteiger partial charge >= 0.3 is 0 Å². The van der Waals surface area contributed by atoms with E-state index in [1.165, 1.54) is 0 Å². The Bertz CT molecular complexity index is 445. The Hall–Kier alpha value is -1.79. The Morgan fingerprint density at radius 1 is 1.10 bits per heavy atom. The van der Waals surface area contributed by atoms with Gasteiger partial charge in [-0.25, -0.2) is 0 Å². The molecule has 0 aliphatic carbocycles. The second-order valence-electron chi connectivity index (χ2n) is 4.10. The average molecular weight is 282 g/mol. The molecule has 0 heterocycles. The van der Waals surface area contributed by atoms with Crippen molar-refractivity contribution >= 4 is 5.84 Å². The van der Waals surface area contributed by atoms with Crippen molar-refractivity contribution < 1.29 is 18.9 Å². The molecule has 1 aromatic rings. The van der Waals surface area contributed by atoms with E-state index in [1.54, 1.807) is 28.4 Å². The van der Waals surface area contributed by atoms with Crippen LogP contribution in [0.1, 0.15) is 5.56 Å². The lowest BCUT2D eigenvalue weighted by atomic mass is 10.1. The highest BCUT2D eigenvalue weighted by atomic mass is 16.7. The average Bonchev–Trinajstić information content (AvgIpc) is 2.48. The van der Waals surface area contributed by atoms with Crippen molar-refractivity contribution in [3.63, 3.8) is 0 Å². The van der Waals surface area contributed by atoms with Crippen LogP contribution in [0.15, 0.2) is 23.2 Å². The van der Waals surface area contributed by atoms with Crippen LogP contribution in [0, 0.1) is 0 Å². The first-order chi connectivity index (χ1) is 9.64. The molecule has 6 nitrogen and oxygen atoms in total. The number of aliphatic imine (C=N–C) groups is 1. The number of benzene rings is 1. The normalized spacial score (nSPS) is 11.8. The number of nitrogens with two attached hydrogens (primary N) is 1. The molecule has 0 spiro atoms. The third-order valence-corrected chi connectivity index (χ3v) is 2.80. The zero-order chi connectivity index (χ0) is 15.0. The van der Waals surface area contributed by atoms with Gasteiger partial charge < -0.3 is 24.7 Å². The summed E-state index contributed by atoms with van der Waals surface area (Å²) >= 11 is 0. The molecule has 0 amide bonds. The van der Waals surface area contributed by atoms with Gasteiger partial charge in [0.15, 0.2) is 17.8 Å². The molecule has 0 aliphatic rings. The molecule has 0 radical (unpaired) electrons. The summed E-state index contributed by atoms with van der Waals surface area (Å²) in [5.41, 5.74) is 6.89. The predicted molar refractivity (Wildman–Crippen MR) is 77.5 cm³/mol. The Morgan fingerprint density at radius 2 is 1.75 bits per heavy atom. The van der Waals surface area contributed by atoms with Crippen molar-refractivity contribution in [1.29, 1.82) is 0 Å². The van der Waals surface area contributed by atoms with Gasteiger partial charge in [0.25, 0.3) is 0 Å². The molecule has 0 fully saturated rings. The minimum absolute atomic E-state index is 0.367. The molecule has 20 heavy (non-hydrogen) atoms. The summed E-state index contributed by atoms with van der Waals surface area (Å²) in [5, 5.41) is 0. The molecule has 112 valence electrons. The fourth-order valence-corrected chi connectivity index (χ4v) is 1.69. The van der Waals surface area contributed by atoms with Gasteiger partial charge in [-0.15, -0.1) is 0 Å². The Morgan fingerprint density at radius 3 is 2.30 bits per heavy atom. The summed E-state index contributed by atoms with van der Waals surface area (Å²) in [4.78, 5) is 4.23. The van der Waals surface area contributed by atoms with E-state index in [0.29, 0.717) is 30.3 Å². The van der Waals surface area contributed by atoms with Crippen molar-refractivity contribution in [2.24, 2.45) is 10.7 Å². The third kappa shape index (κ3) is 4.71. The summed E-state index contributed by atoms with van der Waals surface area (Å²) in [6, 6.07) is 5.65. The van der Waals surface area contributed by atoms with Gasteiger partial charge in [-0.3, -0.25) is 4.99 Å². The van der Waals surface area contributed by atoms with E-state index >= 15 is 0 Å². The first-order valence-electron chi connectivity index (χ1n) is 6.19. The second kappa shape index (κ2) is 8.39. The lowest BCUT2D eigenvalue weighted by Crippen LogP contribution is -2.21. The van der Waals surface area contributed by atoms with Gasteiger partial charge in [0.2, 0.25) is 0 Å². The smallest absolute Gasteiger partial charge is 0.176 e. The summed E-state index contributed by atoms with van der Waals surface area (Å²) in [6.45, 7) is 0.367. The maximum Gasteiger partial charge on any atom is 0.176 e. The van der Waals surface area contributed by atoms with Crippen LogP contribution in [-0.2, 0) is 15.9 Å². The van der Waals surface area contributed by atoms with Gasteiger partial charge in [0.1, 0.15) is 0 Å². The maximum absolute atomic E-state index is 5.89. The zero-order valence-corrected chi connectivity index (χ0v) is 12.4. The van der Waals surface area contributed by atoms with Crippen molar-refractivity contribution in [3.8, 4) is 11.5 Å². The highest BCUT2D eigenvalue weighted by Crippen LogP contribution is 2.27. The fourth-order valence-electron chi connectivity index (χ4n) is 1.69. The summed E-state index contributed by atoms with van der Waals surface area (Å²) in [6.07, 6.45) is 0.152. The van der Waals surface area contributed by atoms with Crippen molar-refractivity contribution in [2.75, 3.05) is 35.0 Å². The highest BCUT2D eigenvalue weighted by Gasteiger charge is 2.07. The van der Waals surface area contributed by atoms with E-state index < -0.39 is 0 Å². The molecular formula is C14H22N2O4. The van der Waals surface area contributed by atoms with Crippen LogP contribution in [0.25, 0.3) is 0 Å². The molecule has 0 saturated heterocycles. The molecule has 0 aliphatic heterocycles. The van der Waals surface area contributed by atoms with Crippen molar-refractivity contribution in [1.82, 2.24) is 0 Å². The third-order valence-electron chi connectivity index (χ3n) is 2.80. The minimum Gasteiger partial charge on any atom is -0.493 e. The van der Waals surface area contributed by atoms with Crippen LogP contribution >= 0.6 is 0 Å². The van der Waals surface area contributed by atoms with Gasteiger partial charge in [-0.1, -0.05) is 6.07 Å². The Kier molecular flexibility index (Phi) is 6.83. The van der Waals surface area contributed by atoms with Crippen LogP contribution in [-0.4, -0.2) is 47.1 Å². The molecule has 0 unspecified atom stereocenters. The molecule has 0 bridgehead atoms. The monoisotopic (exact) mass is 282 g/mol. The number of nitrogens with zero attached hydrogens (tertiary/aromatic N) is 1. The fraction of sp³-hybridized carbons (Fsp3) is 0.500. The van der Waals surface area contributed by atoms with Crippen LogP contribution < -0.4 is 15.2 Å². The molecule has 1 aromatic carbocycles. The van der Waals surface area contributed by atoms with Crippen molar-refractivity contribution in [3.05, 3.63) is 23.8 Å².